The third kappa shape index (κ3) is 9.93. The predicted molar refractivity (Wildman–Crippen MR) is 23.4 cm³/mol. The molecular formula is C4H7KO3. The van der Waals surface area contributed by atoms with Gasteiger partial charge in [-0.15, -0.1) is 0 Å². The van der Waals surface area contributed by atoms with E-state index in [-0.39, 0.29) is 62.4 Å². The Hall–Kier alpha value is 0.806. The summed E-state index contributed by atoms with van der Waals surface area (Å²) in [5, 5.41) is 9.49. The zero-order chi connectivity index (χ0) is 5.15. The van der Waals surface area contributed by atoms with Gasteiger partial charge in [0.25, 0.3) is 0 Å². The summed E-state index contributed by atoms with van der Waals surface area (Å²) in [4.78, 5) is 9.49. The molecule has 0 aromatic heterocycles. The molecule has 0 aromatic carbocycles. The van der Waals surface area contributed by atoms with Gasteiger partial charge < -0.3 is 15.4 Å². The summed E-state index contributed by atoms with van der Waals surface area (Å²) in [6.45, 7) is 4.48. The van der Waals surface area contributed by atoms with Crippen molar-refractivity contribution in [3.8, 4) is 0 Å². The van der Waals surface area contributed by atoms with Crippen LogP contribution in [0.1, 0.15) is 6.92 Å². The van der Waals surface area contributed by atoms with E-state index in [0.717, 1.165) is 0 Å². The van der Waals surface area contributed by atoms with Crippen LogP contribution < -0.4 is 56.5 Å². The van der Waals surface area contributed by atoms with Crippen molar-refractivity contribution in [2.45, 2.75) is 6.92 Å². The summed E-state index contributed by atoms with van der Waals surface area (Å²) in [5.41, 5.74) is 0.0648. The van der Waals surface area contributed by atoms with Gasteiger partial charge in [-0.1, -0.05) is 6.58 Å². The molecule has 0 amide bonds. The van der Waals surface area contributed by atoms with Gasteiger partial charge in [0.1, 0.15) is 0 Å². The predicted octanol–water partition coefficient (Wildman–Crippen LogP) is -4.51. The summed E-state index contributed by atoms with van der Waals surface area (Å²) in [6, 6.07) is 0. The van der Waals surface area contributed by atoms with Gasteiger partial charge in [-0.3, -0.25) is 0 Å². The van der Waals surface area contributed by atoms with Gasteiger partial charge >= 0.3 is 51.4 Å². The minimum Gasteiger partial charge on any atom is -0.545 e. The zero-order valence-electron chi connectivity index (χ0n) is 5.02. The first-order valence-electron chi connectivity index (χ1n) is 1.51. The van der Waals surface area contributed by atoms with Crippen LogP contribution in [0.25, 0.3) is 0 Å². The molecule has 4 heteroatoms. The first-order chi connectivity index (χ1) is 2.64. The Morgan fingerprint density at radius 1 is 1.62 bits per heavy atom. The second kappa shape index (κ2) is 7.81. The van der Waals surface area contributed by atoms with Crippen LogP contribution in [0, 0.1) is 0 Å². The Bertz CT molecular complexity index is 77.3. The van der Waals surface area contributed by atoms with Gasteiger partial charge in [-0.25, -0.2) is 0 Å². The molecule has 0 aliphatic rings. The van der Waals surface area contributed by atoms with Crippen LogP contribution in [0.4, 0.5) is 0 Å². The summed E-state index contributed by atoms with van der Waals surface area (Å²) in [7, 11) is 0. The molecule has 0 saturated carbocycles. The number of hydrogen-bond donors (Lipinski definition) is 0. The standard InChI is InChI=1S/C4H6O2.K.H2O/c1-3(2)4(5)6;;/h1H2,2H3,(H,5,6);;1H2/q;+1;/p-1. The van der Waals surface area contributed by atoms with Crippen molar-refractivity contribution in [2.24, 2.45) is 0 Å². The molecule has 0 fully saturated rings. The van der Waals surface area contributed by atoms with Crippen LogP contribution in [-0.2, 0) is 4.79 Å². The van der Waals surface area contributed by atoms with Crippen molar-refractivity contribution >= 4 is 5.97 Å². The molecule has 0 heterocycles. The van der Waals surface area contributed by atoms with Crippen LogP contribution in [0.15, 0.2) is 12.2 Å². The second-order valence-electron chi connectivity index (χ2n) is 1.07. The minimum absolute atomic E-state index is 0. The van der Waals surface area contributed by atoms with Crippen LogP contribution in [0.2, 0.25) is 0 Å². The fourth-order valence-electron chi connectivity index (χ4n) is 0. The number of hydrogen-bond acceptors (Lipinski definition) is 2. The SMILES string of the molecule is C=C(C)C(=O)[O-].O.[K+]. The molecule has 2 N–H and O–H groups in total. The Morgan fingerprint density at radius 3 is 1.75 bits per heavy atom. The van der Waals surface area contributed by atoms with Gasteiger partial charge in [-0.05, 0) is 12.5 Å². The van der Waals surface area contributed by atoms with Gasteiger partial charge in [0.05, 0.1) is 5.97 Å². The van der Waals surface area contributed by atoms with Crippen molar-refractivity contribution in [3.05, 3.63) is 12.2 Å². The maximum Gasteiger partial charge on any atom is 1.00 e. The quantitative estimate of drug-likeness (QED) is 0.273. The van der Waals surface area contributed by atoms with Crippen LogP contribution in [-0.4, -0.2) is 11.4 Å². The van der Waals surface area contributed by atoms with Gasteiger partial charge in [0, 0.05) is 0 Å². The largest absolute Gasteiger partial charge is 1.00 e. The molecule has 3 nitrogen and oxygen atoms in total. The number of carboxylic acid groups (broad SMARTS) is 1. The maximum absolute atomic E-state index is 9.49. The van der Waals surface area contributed by atoms with E-state index in [2.05, 4.69) is 6.58 Å². The van der Waals surface area contributed by atoms with E-state index in [1.165, 1.54) is 6.92 Å². The van der Waals surface area contributed by atoms with Gasteiger partial charge in [-0.2, -0.15) is 0 Å². The van der Waals surface area contributed by atoms with Crippen molar-refractivity contribution < 1.29 is 66.8 Å². The molecule has 0 aliphatic carbocycles. The van der Waals surface area contributed by atoms with E-state index in [1.807, 2.05) is 0 Å². The molecule has 0 saturated heterocycles. The van der Waals surface area contributed by atoms with Crippen LogP contribution >= 0.6 is 0 Å². The number of rotatable bonds is 1. The molecule has 0 bridgehead atoms. The van der Waals surface area contributed by atoms with E-state index in [1.54, 1.807) is 0 Å². The monoisotopic (exact) mass is 142 g/mol. The summed E-state index contributed by atoms with van der Waals surface area (Å²) < 4.78 is 0. The third-order valence-corrected chi connectivity index (χ3v) is 0.348. The number of carbonyl (C=O) groups excluding carboxylic acids is 1. The van der Waals surface area contributed by atoms with E-state index >= 15 is 0 Å². The fourth-order valence-corrected chi connectivity index (χ4v) is 0. The molecule has 42 valence electrons. The molecule has 0 spiro atoms. The van der Waals surface area contributed by atoms with E-state index in [0.29, 0.717) is 0 Å². The maximum atomic E-state index is 9.49. The summed E-state index contributed by atoms with van der Waals surface area (Å²) in [6.07, 6.45) is 0. The van der Waals surface area contributed by atoms with Crippen molar-refractivity contribution in [2.75, 3.05) is 0 Å². The Balaban J connectivity index is -0.000000125. The molecule has 8 heavy (non-hydrogen) atoms. The third-order valence-electron chi connectivity index (χ3n) is 0.348. The molecule has 0 radical (unpaired) electrons. The van der Waals surface area contributed by atoms with E-state index in [4.69, 9.17) is 0 Å². The fraction of sp³-hybridized carbons (Fsp3) is 0.250. The normalized spacial score (nSPS) is 5.62. The van der Waals surface area contributed by atoms with Crippen molar-refractivity contribution in [1.29, 1.82) is 0 Å². The van der Waals surface area contributed by atoms with Crippen LogP contribution in [0.3, 0.4) is 0 Å². The average Bonchev–Trinajstić information content (AvgIpc) is 1.36. The Kier molecular flexibility index (Phi) is 15.5. The van der Waals surface area contributed by atoms with Gasteiger partial charge in [0.15, 0.2) is 0 Å². The first-order valence-corrected chi connectivity index (χ1v) is 1.51. The zero-order valence-corrected chi connectivity index (χ0v) is 8.15. The van der Waals surface area contributed by atoms with Crippen molar-refractivity contribution in [1.82, 2.24) is 0 Å². The van der Waals surface area contributed by atoms with E-state index < -0.39 is 5.97 Å². The smallest absolute Gasteiger partial charge is 0.545 e. The van der Waals surface area contributed by atoms with E-state index in [9.17, 15) is 9.90 Å². The molecule has 0 unspecified atom stereocenters. The van der Waals surface area contributed by atoms with Crippen LogP contribution in [0.5, 0.6) is 0 Å². The minimum atomic E-state index is -1.19. The average molecular weight is 142 g/mol. The first kappa shape index (κ1) is 15.9. The molecule has 0 aromatic rings. The summed E-state index contributed by atoms with van der Waals surface area (Å²) >= 11 is 0. The molecule has 0 aliphatic heterocycles. The molecule has 0 rings (SSSR count). The number of aliphatic carboxylic acids is 1. The van der Waals surface area contributed by atoms with Crippen molar-refractivity contribution in [3.63, 3.8) is 0 Å². The summed E-state index contributed by atoms with van der Waals surface area (Å²) in [5.74, 6) is -1.19. The van der Waals surface area contributed by atoms with Gasteiger partial charge in [0.2, 0.25) is 0 Å². The number of carboxylic acids is 1. The number of carbonyl (C=O) groups is 1. The second-order valence-corrected chi connectivity index (χ2v) is 1.07. The molecule has 0 atom stereocenters. The Labute approximate surface area is 90.5 Å². The molecular weight excluding hydrogens is 135 g/mol. The Morgan fingerprint density at radius 2 is 1.75 bits per heavy atom. The topological polar surface area (TPSA) is 71.6 Å².